The van der Waals surface area contributed by atoms with E-state index in [4.69, 9.17) is 0 Å². The minimum atomic E-state index is 0.154. The fourth-order valence-electron chi connectivity index (χ4n) is 2.76. The molecule has 1 unspecified atom stereocenters. The number of rotatable bonds is 5. The molecule has 1 aliphatic heterocycles. The molecule has 1 aliphatic rings. The van der Waals surface area contributed by atoms with Gasteiger partial charge >= 0.3 is 0 Å². The minimum Gasteiger partial charge on any atom is -0.356 e. The van der Waals surface area contributed by atoms with Crippen molar-refractivity contribution in [2.75, 3.05) is 18.0 Å². The predicted octanol–water partition coefficient (Wildman–Crippen LogP) is 3.60. The van der Waals surface area contributed by atoms with Crippen LogP contribution in [0.1, 0.15) is 52.5 Å². The fraction of sp³-hybridized carbons (Fsp3) is 0.706. The fourth-order valence-corrected chi connectivity index (χ4v) is 2.76. The summed E-state index contributed by atoms with van der Waals surface area (Å²) >= 11 is 0. The van der Waals surface area contributed by atoms with Gasteiger partial charge in [0.05, 0.1) is 0 Å². The minimum absolute atomic E-state index is 0.154. The van der Waals surface area contributed by atoms with E-state index < -0.39 is 0 Å². The van der Waals surface area contributed by atoms with Crippen LogP contribution in [0, 0.1) is 5.92 Å². The van der Waals surface area contributed by atoms with Crippen LogP contribution in [0.25, 0.3) is 0 Å². The Morgan fingerprint density at radius 2 is 2.15 bits per heavy atom. The lowest BCUT2D eigenvalue weighted by Gasteiger charge is -2.21. The molecule has 1 atom stereocenters. The van der Waals surface area contributed by atoms with Gasteiger partial charge < -0.3 is 10.2 Å². The summed E-state index contributed by atoms with van der Waals surface area (Å²) in [6, 6.07) is 4.38. The average Bonchev–Trinajstić information content (AvgIpc) is 2.85. The zero-order chi connectivity index (χ0) is 14.6. The molecule has 3 nitrogen and oxygen atoms in total. The molecule has 0 saturated carbocycles. The Morgan fingerprint density at radius 1 is 1.35 bits per heavy atom. The first-order chi connectivity index (χ1) is 9.48. The molecular weight excluding hydrogens is 246 g/mol. The van der Waals surface area contributed by atoms with Crippen LogP contribution in [0.15, 0.2) is 18.3 Å². The molecule has 1 aromatic heterocycles. The Hall–Kier alpha value is -1.09. The first-order valence-electron chi connectivity index (χ1n) is 7.93. The molecule has 20 heavy (non-hydrogen) atoms. The molecule has 112 valence electrons. The van der Waals surface area contributed by atoms with Crippen molar-refractivity contribution in [2.24, 2.45) is 5.92 Å². The van der Waals surface area contributed by atoms with Crippen LogP contribution >= 0.6 is 0 Å². The highest BCUT2D eigenvalue weighted by molar-refractivity contribution is 5.40. The van der Waals surface area contributed by atoms with Gasteiger partial charge in [-0.05, 0) is 51.2 Å². The van der Waals surface area contributed by atoms with Gasteiger partial charge in [0.25, 0.3) is 0 Å². The molecule has 1 fully saturated rings. The molecule has 0 radical (unpaired) electrons. The number of anilines is 1. The Labute approximate surface area is 123 Å². The largest absolute Gasteiger partial charge is 0.356 e. The molecule has 0 amide bonds. The van der Waals surface area contributed by atoms with Gasteiger partial charge in [0, 0.05) is 31.4 Å². The number of aromatic nitrogens is 1. The number of hydrogen-bond acceptors (Lipinski definition) is 3. The van der Waals surface area contributed by atoms with E-state index in [1.807, 2.05) is 6.20 Å². The van der Waals surface area contributed by atoms with Crippen LogP contribution in [-0.2, 0) is 6.54 Å². The molecule has 0 aromatic carbocycles. The second-order valence-corrected chi connectivity index (χ2v) is 7.02. The Kier molecular flexibility index (Phi) is 5.03. The van der Waals surface area contributed by atoms with Gasteiger partial charge in [-0.2, -0.15) is 0 Å². The topological polar surface area (TPSA) is 28.2 Å². The highest BCUT2D eigenvalue weighted by Crippen LogP contribution is 2.25. The van der Waals surface area contributed by atoms with Crippen molar-refractivity contribution in [1.82, 2.24) is 10.3 Å². The van der Waals surface area contributed by atoms with Gasteiger partial charge in [-0.3, -0.25) is 0 Å². The lowest BCUT2D eigenvalue weighted by Crippen LogP contribution is -2.35. The van der Waals surface area contributed by atoms with E-state index in [0.717, 1.165) is 24.8 Å². The van der Waals surface area contributed by atoms with Crippen LogP contribution in [0.2, 0.25) is 0 Å². The van der Waals surface area contributed by atoms with E-state index in [-0.39, 0.29) is 5.54 Å². The van der Waals surface area contributed by atoms with Gasteiger partial charge in [-0.15, -0.1) is 0 Å². The van der Waals surface area contributed by atoms with Crippen LogP contribution < -0.4 is 10.2 Å². The molecule has 0 spiro atoms. The van der Waals surface area contributed by atoms with E-state index in [9.17, 15) is 0 Å². The highest BCUT2D eigenvalue weighted by Gasteiger charge is 2.22. The lowest BCUT2D eigenvalue weighted by molar-refractivity contribution is 0.424. The smallest absolute Gasteiger partial charge is 0.128 e. The summed E-state index contributed by atoms with van der Waals surface area (Å²) in [4.78, 5) is 7.07. The predicted molar refractivity (Wildman–Crippen MR) is 86.1 cm³/mol. The zero-order valence-electron chi connectivity index (χ0n) is 13.4. The van der Waals surface area contributed by atoms with Gasteiger partial charge in [0.15, 0.2) is 0 Å². The third-order valence-electron chi connectivity index (χ3n) is 3.94. The molecular formula is C17H29N3. The first-order valence-corrected chi connectivity index (χ1v) is 7.93. The summed E-state index contributed by atoms with van der Waals surface area (Å²) in [6.07, 6.45) is 5.98. The van der Waals surface area contributed by atoms with Crippen molar-refractivity contribution in [3.8, 4) is 0 Å². The summed E-state index contributed by atoms with van der Waals surface area (Å²) in [7, 11) is 0. The normalized spacial score (nSPS) is 19.6. The summed E-state index contributed by atoms with van der Waals surface area (Å²) < 4.78 is 0. The van der Waals surface area contributed by atoms with Crippen LogP contribution in [-0.4, -0.2) is 23.6 Å². The van der Waals surface area contributed by atoms with Crippen molar-refractivity contribution in [3.05, 3.63) is 23.9 Å². The molecule has 0 bridgehead atoms. The van der Waals surface area contributed by atoms with Gasteiger partial charge in [-0.1, -0.05) is 19.4 Å². The Morgan fingerprint density at radius 3 is 2.75 bits per heavy atom. The Bertz CT molecular complexity index is 405. The summed E-state index contributed by atoms with van der Waals surface area (Å²) in [6.45, 7) is 12.1. The molecule has 1 saturated heterocycles. The first kappa shape index (κ1) is 15.3. The molecule has 1 aromatic rings. The molecule has 3 heteroatoms. The summed E-state index contributed by atoms with van der Waals surface area (Å²) in [5, 5.41) is 3.50. The van der Waals surface area contributed by atoms with E-state index in [0.29, 0.717) is 0 Å². The second kappa shape index (κ2) is 6.57. The summed E-state index contributed by atoms with van der Waals surface area (Å²) in [5.41, 5.74) is 1.41. The van der Waals surface area contributed by atoms with Gasteiger partial charge in [0.1, 0.15) is 5.82 Å². The number of nitrogens with one attached hydrogen (secondary N) is 1. The van der Waals surface area contributed by atoms with Crippen LogP contribution in [0.5, 0.6) is 0 Å². The van der Waals surface area contributed by atoms with E-state index in [2.05, 4.69) is 55.0 Å². The molecule has 2 heterocycles. The number of hydrogen-bond donors (Lipinski definition) is 1. The highest BCUT2D eigenvalue weighted by atomic mass is 15.2. The maximum atomic E-state index is 4.64. The van der Waals surface area contributed by atoms with E-state index in [1.165, 1.54) is 31.4 Å². The van der Waals surface area contributed by atoms with E-state index in [1.54, 1.807) is 0 Å². The number of nitrogens with zero attached hydrogens (tertiary/aromatic N) is 2. The van der Waals surface area contributed by atoms with Gasteiger partial charge in [-0.25, -0.2) is 4.98 Å². The van der Waals surface area contributed by atoms with Crippen molar-refractivity contribution >= 4 is 5.82 Å². The van der Waals surface area contributed by atoms with Crippen LogP contribution in [0.3, 0.4) is 0 Å². The molecule has 0 aliphatic carbocycles. The van der Waals surface area contributed by atoms with Gasteiger partial charge in [0.2, 0.25) is 0 Å². The SMILES string of the molecule is CCCC1CCN(c2ccc(CNC(C)(C)C)cn2)C1. The average molecular weight is 275 g/mol. The lowest BCUT2D eigenvalue weighted by atomic mass is 10.0. The second-order valence-electron chi connectivity index (χ2n) is 7.02. The van der Waals surface area contributed by atoms with Crippen molar-refractivity contribution in [3.63, 3.8) is 0 Å². The van der Waals surface area contributed by atoms with Crippen molar-refractivity contribution in [2.45, 2.75) is 59.0 Å². The molecule has 2 rings (SSSR count). The van der Waals surface area contributed by atoms with E-state index >= 15 is 0 Å². The zero-order valence-corrected chi connectivity index (χ0v) is 13.4. The maximum Gasteiger partial charge on any atom is 0.128 e. The Balaban J connectivity index is 1.89. The molecule has 1 N–H and O–H groups in total. The maximum absolute atomic E-state index is 4.64. The third-order valence-corrected chi connectivity index (χ3v) is 3.94. The quantitative estimate of drug-likeness (QED) is 0.890. The number of pyridine rings is 1. The third kappa shape index (κ3) is 4.48. The monoisotopic (exact) mass is 275 g/mol. The standard InChI is InChI=1S/C17H29N3/c1-5-6-14-9-10-20(13-14)16-8-7-15(11-18-16)12-19-17(2,3)4/h7-8,11,14,19H,5-6,9-10,12-13H2,1-4H3. The van der Waals surface area contributed by atoms with Crippen molar-refractivity contribution < 1.29 is 0 Å². The van der Waals surface area contributed by atoms with Crippen molar-refractivity contribution in [1.29, 1.82) is 0 Å². The van der Waals surface area contributed by atoms with Crippen LogP contribution in [0.4, 0.5) is 5.82 Å². The summed E-state index contributed by atoms with van der Waals surface area (Å²) in [5.74, 6) is 2.01.